The summed E-state index contributed by atoms with van der Waals surface area (Å²) in [7, 11) is 3.21. The molecular formula is C25H25NO5. The minimum atomic E-state index is -0.590. The molecule has 0 aliphatic carbocycles. The van der Waals surface area contributed by atoms with Crippen LogP contribution in [-0.4, -0.2) is 37.5 Å². The van der Waals surface area contributed by atoms with Crippen LogP contribution in [0.15, 0.2) is 71.1 Å². The predicted octanol–water partition coefficient (Wildman–Crippen LogP) is 4.34. The fourth-order valence-electron chi connectivity index (χ4n) is 3.03. The molecule has 0 saturated heterocycles. The third-order valence-electron chi connectivity index (χ3n) is 4.68. The first-order chi connectivity index (χ1) is 15.0. The molecule has 0 aliphatic heterocycles. The largest absolute Gasteiger partial charge is 0.496 e. The second-order valence-electron chi connectivity index (χ2n) is 7.00. The lowest BCUT2D eigenvalue weighted by atomic mass is 10.0. The number of nitrogens with zero attached hydrogens (tertiary/aromatic N) is 1. The van der Waals surface area contributed by atoms with Crippen molar-refractivity contribution in [2.75, 3.05) is 20.8 Å². The third-order valence-corrected chi connectivity index (χ3v) is 4.68. The lowest BCUT2D eigenvalue weighted by Gasteiger charge is -2.16. The zero-order valence-electron chi connectivity index (χ0n) is 17.8. The molecule has 0 bridgehead atoms. The van der Waals surface area contributed by atoms with Crippen LogP contribution >= 0.6 is 0 Å². The molecule has 1 amide bonds. The molecule has 160 valence electrons. The highest BCUT2D eigenvalue weighted by Crippen LogP contribution is 2.25. The van der Waals surface area contributed by atoms with Gasteiger partial charge >= 0.3 is 5.97 Å². The average Bonchev–Trinajstić information content (AvgIpc) is 3.20. The van der Waals surface area contributed by atoms with E-state index in [1.54, 1.807) is 20.2 Å². The SMILES string of the molecule is COc1ccccc1/C=C(/C(=O)OCC(=O)N(C)Cc1ccc(C)o1)c1ccccc1. The van der Waals surface area contributed by atoms with Crippen LogP contribution in [0.5, 0.6) is 5.75 Å². The topological polar surface area (TPSA) is 69.0 Å². The molecule has 1 aromatic heterocycles. The number of carbonyl (C=O) groups excluding carboxylic acids is 2. The van der Waals surface area contributed by atoms with Gasteiger partial charge in [-0.2, -0.15) is 0 Å². The molecule has 0 spiro atoms. The Morgan fingerprint density at radius 1 is 1.00 bits per heavy atom. The van der Waals surface area contributed by atoms with E-state index in [0.717, 1.165) is 11.3 Å². The Kier molecular flexibility index (Phi) is 7.27. The summed E-state index contributed by atoms with van der Waals surface area (Å²) in [6.07, 6.45) is 1.70. The van der Waals surface area contributed by atoms with Crippen LogP contribution in [0.25, 0.3) is 11.6 Å². The molecule has 1 heterocycles. The molecule has 6 nitrogen and oxygen atoms in total. The Labute approximate surface area is 181 Å². The van der Waals surface area contributed by atoms with Crippen LogP contribution in [0, 0.1) is 6.92 Å². The lowest BCUT2D eigenvalue weighted by molar-refractivity contribution is -0.147. The highest BCUT2D eigenvalue weighted by molar-refractivity contribution is 6.22. The highest BCUT2D eigenvalue weighted by atomic mass is 16.5. The maximum absolute atomic E-state index is 12.9. The monoisotopic (exact) mass is 419 g/mol. The normalized spacial score (nSPS) is 11.1. The van der Waals surface area contributed by atoms with Gasteiger partial charge in [0.05, 0.1) is 19.2 Å². The minimum absolute atomic E-state index is 0.298. The second-order valence-corrected chi connectivity index (χ2v) is 7.00. The Balaban J connectivity index is 1.74. The molecule has 6 heteroatoms. The van der Waals surface area contributed by atoms with Crippen molar-refractivity contribution >= 4 is 23.5 Å². The van der Waals surface area contributed by atoms with Gasteiger partial charge in [-0.3, -0.25) is 4.79 Å². The standard InChI is InChI=1S/C25H25NO5/c1-18-13-14-21(31-18)16-26(2)24(27)17-30-25(28)22(19-9-5-4-6-10-19)15-20-11-7-8-12-23(20)29-3/h4-15H,16-17H2,1-3H3/b22-15+. The van der Waals surface area contributed by atoms with E-state index in [1.165, 1.54) is 4.90 Å². The molecular weight excluding hydrogens is 394 g/mol. The third kappa shape index (κ3) is 5.85. The molecule has 31 heavy (non-hydrogen) atoms. The van der Waals surface area contributed by atoms with Gasteiger partial charge in [0, 0.05) is 12.6 Å². The number of ether oxygens (including phenoxy) is 2. The van der Waals surface area contributed by atoms with Crippen molar-refractivity contribution in [2.45, 2.75) is 13.5 Å². The van der Waals surface area contributed by atoms with Crippen LogP contribution in [0.3, 0.4) is 0 Å². The van der Waals surface area contributed by atoms with E-state index >= 15 is 0 Å². The number of hydrogen-bond donors (Lipinski definition) is 0. The smallest absolute Gasteiger partial charge is 0.339 e. The van der Waals surface area contributed by atoms with E-state index in [4.69, 9.17) is 13.9 Å². The van der Waals surface area contributed by atoms with Gasteiger partial charge in [0.25, 0.3) is 5.91 Å². The number of para-hydroxylation sites is 1. The number of benzene rings is 2. The summed E-state index contributed by atoms with van der Waals surface area (Å²) in [5.74, 6) is 1.16. The molecule has 0 unspecified atom stereocenters. The summed E-state index contributed by atoms with van der Waals surface area (Å²) in [4.78, 5) is 26.8. The first-order valence-electron chi connectivity index (χ1n) is 9.84. The van der Waals surface area contributed by atoms with Crippen molar-refractivity contribution < 1.29 is 23.5 Å². The first kappa shape index (κ1) is 21.9. The molecule has 0 radical (unpaired) electrons. The lowest BCUT2D eigenvalue weighted by Crippen LogP contribution is -2.30. The molecule has 2 aromatic carbocycles. The molecule has 3 aromatic rings. The number of aryl methyl sites for hydroxylation is 1. The highest BCUT2D eigenvalue weighted by Gasteiger charge is 2.18. The van der Waals surface area contributed by atoms with Gasteiger partial charge in [-0.05, 0) is 36.8 Å². The first-order valence-corrected chi connectivity index (χ1v) is 9.84. The van der Waals surface area contributed by atoms with Crippen molar-refractivity contribution in [3.05, 3.63) is 89.4 Å². The van der Waals surface area contributed by atoms with E-state index in [1.807, 2.05) is 73.7 Å². The quantitative estimate of drug-likeness (QED) is 0.309. The fourth-order valence-corrected chi connectivity index (χ4v) is 3.03. The van der Waals surface area contributed by atoms with E-state index in [2.05, 4.69) is 0 Å². The Morgan fingerprint density at radius 3 is 2.39 bits per heavy atom. The second kappa shape index (κ2) is 10.3. The van der Waals surface area contributed by atoms with Gasteiger partial charge in [0.1, 0.15) is 17.3 Å². The average molecular weight is 419 g/mol. The van der Waals surface area contributed by atoms with E-state index in [-0.39, 0.29) is 12.5 Å². The van der Waals surface area contributed by atoms with Gasteiger partial charge in [-0.25, -0.2) is 4.79 Å². The molecule has 0 N–H and O–H groups in total. The number of carbonyl (C=O) groups is 2. The van der Waals surface area contributed by atoms with E-state index in [0.29, 0.717) is 29.2 Å². The summed E-state index contributed by atoms with van der Waals surface area (Å²) >= 11 is 0. The van der Waals surface area contributed by atoms with Crippen LogP contribution in [0.4, 0.5) is 0 Å². The van der Waals surface area contributed by atoms with E-state index in [9.17, 15) is 9.59 Å². The molecule has 3 rings (SSSR count). The predicted molar refractivity (Wildman–Crippen MR) is 118 cm³/mol. The van der Waals surface area contributed by atoms with Crippen molar-refractivity contribution in [3.63, 3.8) is 0 Å². The molecule has 0 atom stereocenters. The fraction of sp³-hybridized carbons (Fsp3) is 0.200. The maximum atomic E-state index is 12.9. The summed E-state index contributed by atoms with van der Waals surface area (Å²) in [5.41, 5.74) is 1.75. The minimum Gasteiger partial charge on any atom is -0.496 e. The van der Waals surface area contributed by atoms with Gasteiger partial charge < -0.3 is 18.8 Å². The number of esters is 1. The van der Waals surface area contributed by atoms with Crippen LogP contribution < -0.4 is 4.74 Å². The summed E-state index contributed by atoms with van der Waals surface area (Å²) in [5, 5.41) is 0. The van der Waals surface area contributed by atoms with Crippen molar-refractivity contribution in [2.24, 2.45) is 0 Å². The number of furan rings is 1. The number of rotatable bonds is 8. The van der Waals surface area contributed by atoms with Crippen LogP contribution in [-0.2, 0) is 20.9 Å². The van der Waals surface area contributed by atoms with Gasteiger partial charge in [-0.1, -0.05) is 48.5 Å². The molecule has 0 fully saturated rings. The summed E-state index contributed by atoms with van der Waals surface area (Å²) in [6, 6.07) is 20.2. The van der Waals surface area contributed by atoms with Crippen molar-refractivity contribution in [1.29, 1.82) is 0 Å². The Morgan fingerprint density at radius 2 is 1.71 bits per heavy atom. The van der Waals surface area contributed by atoms with Crippen molar-refractivity contribution in [1.82, 2.24) is 4.90 Å². The Hall–Kier alpha value is -3.80. The zero-order chi connectivity index (χ0) is 22.2. The maximum Gasteiger partial charge on any atom is 0.339 e. The number of methoxy groups -OCH3 is 1. The van der Waals surface area contributed by atoms with Gasteiger partial charge in [-0.15, -0.1) is 0 Å². The summed E-state index contributed by atoms with van der Waals surface area (Å²) in [6.45, 7) is 1.77. The van der Waals surface area contributed by atoms with Gasteiger partial charge in [0.2, 0.25) is 0 Å². The van der Waals surface area contributed by atoms with E-state index < -0.39 is 5.97 Å². The van der Waals surface area contributed by atoms with Gasteiger partial charge in [0.15, 0.2) is 6.61 Å². The zero-order valence-corrected chi connectivity index (χ0v) is 17.8. The number of likely N-dealkylation sites (N-methyl/N-ethyl adjacent to an activating group) is 1. The van der Waals surface area contributed by atoms with Crippen molar-refractivity contribution in [3.8, 4) is 5.75 Å². The number of hydrogen-bond acceptors (Lipinski definition) is 5. The van der Waals surface area contributed by atoms with Crippen LogP contribution in [0.1, 0.15) is 22.6 Å². The summed E-state index contributed by atoms with van der Waals surface area (Å²) < 4.78 is 16.2. The number of amides is 1. The molecule has 0 aliphatic rings. The van der Waals surface area contributed by atoms with Crippen LogP contribution in [0.2, 0.25) is 0 Å². The Bertz CT molecular complexity index is 1070. The molecule has 0 saturated carbocycles.